The van der Waals surface area contributed by atoms with Crippen molar-refractivity contribution in [2.24, 2.45) is 0 Å². The summed E-state index contributed by atoms with van der Waals surface area (Å²) in [5.41, 5.74) is 0.928. The first-order chi connectivity index (χ1) is 11.2. The lowest BCUT2D eigenvalue weighted by molar-refractivity contribution is -0.119. The quantitative estimate of drug-likeness (QED) is 0.813. The Kier molecular flexibility index (Phi) is 5.59. The third kappa shape index (κ3) is 4.50. The van der Waals surface area contributed by atoms with Gasteiger partial charge in [-0.05, 0) is 31.0 Å². The van der Waals surface area contributed by atoms with Crippen molar-refractivity contribution in [3.8, 4) is 5.69 Å². The van der Waals surface area contributed by atoms with Gasteiger partial charge in [-0.2, -0.15) is 0 Å². The molecule has 1 amide bonds. The minimum atomic E-state index is -0.00820. The minimum Gasteiger partial charge on any atom is -0.376 e. The number of hydrogen-bond donors (Lipinski definition) is 1. The van der Waals surface area contributed by atoms with Gasteiger partial charge in [-0.15, -0.1) is 0 Å². The fourth-order valence-corrected chi connectivity index (χ4v) is 3.42. The van der Waals surface area contributed by atoms with Crippen LogP contribution in [0.25, 0.3) is 5.69 Å². The van der Waals surface area contributed by atoms with E-state index < -0.39 is 0 Å². The van der Waals surface area contributed by atoms with Crippen LogP contribution in [0.5, 0.6) is 0 Å². The van der Waals surface area contributed by atoms with E-state index in [1.54, 1.807) is 6.20 Å². The van der Waals surface area contributed by atoms with E-state index in [1.807, 2.05) is 35.0 Å². The third-order valence-electron chi connectivity index (χ3n) is 3.58. The van der Waals surface area contributed by atoms with Crippen molar-refractivity contribution in [1.29, 1.82) is 0 Å². The van der Waals surface area contributed by atoms with Gasteiger partial charge < -0.3 is 10.1 Å². The molecule has 1 aromatic heterocycles. The number of thioether (sulfide) groups is 1. The van der Waals surface area contributed by atoms with Crippen LogP contribution in [-0.2, 0) is 9.53 Å². The Bertz CT molecular complexity index is 671. The fraction of sp³-hybridized carbons (Fsp3) is 0.375. The molecule has 2 heterocycles. The van der Waals surface area contributed by atoms with Crippen molar-refractivity contribution in [2.75, 3.05) is 18.9 Å². The predicted molar refractivity (Wildman–Crippen MR) is 91.3 cm³/mol. The number of carbonyl (C=O) groups excluding carboxylic acids is 1. The molecule has 1 fully saturated rings. The Balaban J connectivity index is 1.54. The minimum absolute atomic E-state index is 0.00820. The molecule has 0 bridgehead atoms. The smallest absolute Gasteiger partial charge is 0.230 e. The molecule has 1 aliphatic rings. The predicted octanol–water partition coefficient (Wildman–Crippen LogP) is 2.91. The van der Waals surface area contributed by atoms with Crippen molar-refractivity contribution in [2.45, 2.75) is 24.1 Å². The molecule has 5 nitrogen and oxygen atoms in total. The number of amides is 1. The van der Waals surface area contributed by atoms with Gasteiger partial charge in [0.25, 0.3) is 0 Å². The van der Waals surface area contributed by atoms with Crippen LogP contribution in [0.4, 0.5) is 0 Å². The van der Waals surface area contributed by atoms with Gasteiger partial charge in [0.1, 0.15) is 0 Å². The lowest BCUT2D eigenvalue weighted by Crippen LogP contribution is -2.32. The van der Waals surface area contributed by atoms with Gasteiger partial charge in [0.2, 0.25) is 5.91 Å². The second-order valence-electron chi connectivity index (χ2n) is 5.29. The van der Waals surface area contributed by atoms with Crippen molar-refractivity contribution in [3.63, 3.8) is 0 Å². The first-order valence-corrected chi connectivity index (χ1v) is 8.89. The Morgan fingerprint density at radius 3 is 3.22 bits per heavy atom. The molecule has 0 aliphatic carbocycles. The largest absolute Gasteiger partial charge is 0.376 e. The van der Waals surface area contributed by atoms with Crippen LogP contribution in [0, 0.1) is 0 Å². The van der Waals surface area contributed by atoms with Crippen LogP contribution in [-0.4, -0.2) is 40.5 Å². The van der Waals surface area contributed by atoms with E-state index in [-0.39, 0.29) is 12.0 Å². The monoisotopic (exact) mass is 351 g/mol. The number of ether oxygens (including phenoxy) is 1. The van der Waals surface area contributed by atoms with Crippen LogP contribution >= 0.6 is 23.4 Å². The molecule has 0 saturated carbocycles. The van der Waals surface area contributed by atoms with E-state index in [9.17, 15) is 4.79 Å². The summed E-state index contributed by atoms with van der Waals surface area (Å²) in [6.07, 6.45) is 5.84. The molecule has 1 aromatic carbocycles. The first kappa shape index (κ1) is 16.4. The molecule has 7 heteroatoms. The molecule has 3 rings (SSSR count). The summed E-state index contributed by atoms with van der Waals surface area (Å²) in [6.45, 7) is 1.38. The van der Waals surface area contributed by atoms with Gasteiger partial charge in [0, 0.05) is 36.3 Å². The molecule has 0 radical (unpaired) electrons. The van der Waals surface area contributed by atoms with E-state index in [2.05, 4.69) is 10.3 Å². The Labute approximate surface area is 144 Å². The zero-order valence-electron chi connectivity index (χ0n) is 12.6. The summed E-state index contributed by atoms with van der Waals surface area (Å²) < 4.78 is 7.41. The van der Waals surface area contributed by atoms with Gasteiger partial charge in [-0.1, -0.05) is 29.4 Å². The van der Waals surface area contributed by atoms with Gasteiger partial charge in [0.15, 0.2) is 5.16 Å². The number of halogens is 1. The highest BCUT2D eigenvalue weighted by Crippen LogP contribution is 2.22. The maximum atomic E-state index is 12.0. The summed E-state index contributed by atoms with van der Waals surface area (Å²) >= 11 is 7.43. The molecule has 23 heavy (non-hydrogen) atoms. The van der Waals surface area contributed by atoms with Crippen molar-refractivity contribution >= 4 is 29.3 Å². The highest BCUT2D eigenvalue weighted by molar-refractivity contribution is 7.99. The molecule has 1 unspecified atom stereocenters. The Morgan fingerprint density at radius 1 is 1.52 bits per heavy atom. The molecular formula is C16H18ClN3O2S. The highest BCUT2D eigenvalue weighted by atomic mass is 35.5. The fourth-order valence-electron chi connectivity index (χ4n) is 2.43. The normalized spacial score (nSPS) is 17.3. The van der Waals surface area contributed by atoms with E-state index in [0.717, 1.165) is 30.3 Å². The molecule has 1 N–H and O–H groups in total. The zero-order valence-corrected chi connectivity index (χ0v) is 14.1. The number of aromatic nitrogens is 2. The number of carbonyl (C=O) groups is 1. The SMILES string of the molecule is O=C(CSc1nccn1-c1cccc(Cl)c1)NCC1CCCO1. The number of nitrogens with one attached hydrogen (secondary N) is 1. The van der Waals surface area contributed by atoms with Gasteiger partial charge in [-0.25, -0.2) is 4.98 Å². The second kappa shape index (κ2) is 7.86. The van der Waals surface area contributed by atoms with Crippen LogP contribution in [0.1, 0.15) is 12.8 Å². The molecule has 0 spiro atoms. The summed E-state index contributed by atoms with van der Waals surface area (Å²) in [7, 11) is 0. The average molecular weight is 352 g/mol. The maximum absolute atomic E-state index is 12.0. The van der Waals surface area contributed by atoms with E-state index in [1.165, 1.54) is 11.8 Å². The standard InChI is InChI=1S/C16H18ClN3O2S/c17-12-3-1-4-13(9-12)20-7-6-18-16(20)23-11-15(21)19-10-14-5-2-8-22-14/h1,3-4,6-7,9,14H,2,5,8,10-11H2,(H,19,21). The lowest BCUT2D eigenvalue weighted by Gasteiger charge is -2.11. The number of benzene rings is 1. The number of imidazole rings is 1. The van der Waals surface area contributed by atoms with Gasteiger partial charge in [0.05, 0.1) is 11.9 Å². The molecule has 1 aliphatic heterocycles. The van der Waals surface area contributed by atoms with Crippen LogP contribution < -0.4 is 5.32 Å². The summed E-state index contributed by atoms with van der Waals surface area (Å²) in [4.78, 5) is 16.3. The van der Waals surface area contributed by atoms with E-state index >= 15 is 0 Å². The van der Waals surface area contributed by atoms with Crippen molar-refractivity contribution < 1.29 is 9.53 Å². The third-order valence-corrected chi connectivity index (χ3v) is 4.78. The molecule has 1 atom stereocenters. The highest BCUT2D eigenvalue weighted by Gasteiger charge is 2.16. The van der Waals surface area contributed by atoms with Crippen LogP contribution in [0.2, 0.25) is 5.02 Å². The Morgan fingerprint density at radius 2 is 2.43 bits per heavy atom. The van der Waals surface area contributed by atoms with Gasteiger partial charge >= 0.3 is 0 Å². The van der Waals surface area contributed by atoms with Crippen molar-refractivity contribution in [3.05, 3.63) is 41.7 Å². The lowest BCUT2D eigenvalue weighted by atomic mass is 10.2. The summed E-state index contributed by atoms with van der Waals surface area (Å²) in [5.74, 6) is 0.316. The van der Waals surface area contributed by atoms with E-state index in [0.29, 0.717) is 17.3 Å². The molecule has 1 saturated heterocycles. The van der Waals surface area contributed by atoms with Crippen molar-refractivity contribution in [1.82, 2.24) is 14.9 Å². The van der Waals surface area contributed by atoms with E-state index in [4.69, 9.17) is 16.3 Å². The first-order valence-electron chi connectivity index (χ1n) is 7.53. The zero-order chi connectivity index (χ0) is 16.1. The molecule has 2 aromatic rings. The summed E-state index contributed by atoms with van der Waals surface area (Å²) in [5, 5.41) is 4.34. The van der Waals surface area contributed by atoms with Crippen LogP contribution in [0.15, 0.2) is 41.8 Å². The topological polar surface area (TPSA) is 56.2 Å². The average Bonchev–Trinajstić information content (AvgIpc) is 3.22. The number of hydrogen-bond acceptors (Lipinski definition) is 4. The number of nitrogens with zero attached hydrogens (tertiary/aromatic N) is 2. The maximum Gasteiger partial charge on any atom is 0.230 e. The number of rotatable bonds is 6. The van der Waals surface area contributed by atoms with Crippen LogP contribution in [0.3, 0.4) is 0 Å². The summed E-state index contributed by atoms with van der Waals surface area (Å²) in [6, 6.07) is 7.54. The molecule has 122 valence electrons. The molecular weight excluding hydrogens is 334 g/mol. The van der Waals surface area contributed by atoms with Gasteiger partial charge in [-0.3, -0.25) is 9.36 Å². The Hall–Kier alpha value is -1.50. The second-order valence-corrected chi connectivity index (χ2v) is 6.67.